The van der Waals surface area contributed by atoms with Crippen molar-refractivity contribution in [3.63, 3.8) is 0 Å². The summed E-state index contributed by atoms with van der Waals surface area (Å²) in [6.45, 7) is 2.14. The molecule has 1 heterocycles. The molecular formula is C24H33N3O. The van der Waals surface area contributed by atoms with Gasteiger partial charge >= 0.3 is 6.03 Å². The van der Waals surface area contributed by atoms with Gasteiger partial charge in [0.2, 0.25) is 0 Å². The molecule has 1 spiro atoms. The number of benzene rings is 1. The molecular weight excluding hydrogens is 346 g/mol. The van der Waals surface area contributed by atoms with Gasteiger partial charge in [-0.25, -0.2) is 4.79 Å². The van der Waals surface area contributed by atoms with Crippen molar-refractivity contribution < 1.29 is 4.79 Å². The zero-order valence-corrected chi connectivity index (χ0v) is 17.4. The predicted octanol–water partition coefficient (Wildman–Crippen LogP) is 3.93. The lowest BCUT2D eigenvalue weighted by atomic mass is 9.68. The lowest BCUT2D eigenvalue weighted by molar-refractivity contribution is 0.0161. The van der Waals surface area contributed by atoms with Gasteiger partial charge in [0.25, 0.3) is 0 Å². The van der Waals surface area contributed by atoms with Crippen molar-refractivity contribution in [3.05, 3.63) is 35.9 Å². The van der Waals surface area contributed by atoms with Crippen LogP contribution < -0.4 is 0 Å². The molecule has 3 aliphatic rings. The van der Waals surface area contributed by atoms with Crippen LogP contribution in [0.25, 0.3) is 0 Å². The number of carbonyl (C=O) groups excluding carboxylic acids is 1. The number of hydrogen-bond donors (Lipinski definition) is 0. The van der Waals surface area contributed by atoms with E-state index >= 15 is 0 Å². The Hall–Kier alpha value is -1.99. The highest BCUT2D eigenvalue weighted by atomic mass is 16.2. The lowest BCUT2D eigenvalue weighted by Crippen LogP contribution is -2.56. The predicted molar refractivity (Wildman–Crippen MR) is 113 cm³/mol. The number of terminal acetylenes is 1. The normalized spacial score (nSPS) is 30.7. The van der Waals surface area contributed by atoms with Crippen molar-refractivity contribution in [1.29, 1.82) is 0 Å². The van der Waals surface area contributed by atoms with E-state index in [2.05, 4.69) is 60.1 Å². The summed E-state index contributed by atoms with van der Waals surface area (Å²) in [4.78, 5) is 19.7. The molecule has 0 atom stereocenters. The van der Waals surface area contributed by atoms with Gasteiger partial charge in [0.05, 0.1) is 12.1 Å². The molecule has 1 aromatic carbocycles. The molecule has 0 aromatic heterocycles. The van der Waals surface area contributed by atoms with Crippen molar-refractivity contribution in [2.45, 2.75) is 56.0 Å². The van der Waals surface area contributed by atoms with Gasteiger partial charge < -0.3 is 9.80 Å². The van der Waals surface area contributed by atoms with Gasteiger partial charge in [0.15, 0.2) is 0 Å². The van der Waals surface area contributed by atoms with E-state index in [1.54, 1.807) is 0 Å². The van der Waals surface area contributed by atoms with Crippen LogP contribution in [0.15, 0.2) is 30.3 Å². The van der Waals surface area contributed by atoms with E-state index in [1.807, 2.05) is 4.90 Å². The molecule has 2 saturated carbocycles. The van der Waals surface area contributed by atoms with Crippen LogP contribution >= 0.6 is 0 Å². The second-order valence-corrected chi connectivity index (χ2v) is 9.27. The molecule has 0 bridgehead atoms. The van der Waals surface area contributed by atoms with E-state index in [-0.39, 0.29) is 17.1 Å². The lowest BCUT2D eigenvalue weighted by Gasteiger charge is -2.51. The van der Waals surface area contributed by atoms with Crippen molar-refractivity contribution in [3.8, 4) is 12.3 Å². The Morgan fingerprint density at radius 2 is 1.82 bits per heavy atom. The number of nitrogens with zero attached hydrogens (tertiary/aromatic N) is 3. The topological polar surface area (TPSA) is 26.8 Å². The SMILES string of the molecule is C#CCN1C[C@]2(CC[C@](c3ccccc3)(N(C)C)CC2)N(CC2CCC2)C1=O. The zero-order chi connectivity index (χ0) is 19.8. The molecule has 2 aliphatic carbocycles. The average Bonchev–Trinajstić information content (AvgIpc) is 2.91. The highest BCUT2D eigenvalue weighted by Gasteiger charge is 2.54. The fourth-order valence-corrected chi connectivity index (χ4v) is 5.62. The van der Waals surface area contributed by atoms with Crippen LogP contribution in [-0.2, 0) is 5.54 Å². The fourth-order valence-electron chi connectivity index (χ4n) is 5.62. The van der Waals surface area contributed by atoms with E-state index in [9.17, 15) is 4.79 Å². The molecule has 2 amide bonds. The standard InChI is InChI=1S/C24H33N3O/c1-4-17-26-19-23(27(22(26)28)18-20-9-8-10-20)13-15-24(16-14-23,25(2)3)21-11-6-5-7-12-21/h1,5-7,11-12,20H,8-10,13-19H2,2-3H3/t23-,24+. The fraction of sp³-hybridized carbons (Fsp3) is 0.625. The minimum absolute atomic E-state index is 0.0438. The van der Waals surface area contributed by atoms with Crippen LogP contribution in [0.1, 0.15) is 50.5 Å². The Labute approximate surface area is 169 Å². The number of urea groups is 1. The minimum atomic E-state index is -0.0438. The number of rotatable bonds is 5. The summed E-state index contributed by atoms with van der Waals surface area (Å²) < 4.78 is 0. The molecule has 4 rings (SSSR count). The Balaban J connectivity index is 1.59. The molecule has 0 radical (unpaired) electrons. The van der Waals surface area contributed by atoms with Crippen LogP contribution in [0, 0.1) is 18.3 Å². The van der Waals surface area contributed by atoms with Crippen molar-refractivity contribution in [2.24, 2.45) is 5.92 Å². The van der Waals surface area contributed by atoms with Gasteiger partial charge in [-0.05, 0) is 64.1 Å². The summed E-state index contributed by atoms with van der Waals surface area (Å²) in [5, 5.41) is 0. The van der Waals surface area contributed by atoms with Gasteiger partial charge in [-0.2, -0.15) is 0 Å². The molecule has 4 heteroatoms. The van der Waals surface area contributed by atoms with E-state index in [1.165, 1.54) is 24.8 Å². The van der Waals surface area contributed by atoms with Crippen LogP contribution in [0.2, 0.25) is 0 Å². The highest BCUT2D eigenvalue weighted by Crippen LogP contribution is 2.49. The quantitative estimate of drug-likeness (QED) is 0.725. The first kappa shape index (κ1) is 19.3. The Morgan fingerprint density at radius 3 is 2.36 bits per heavy atom. The summed E-state index contributed by atoms with van der Waals surface area (Å²) in [5.41, 5.74) is 1.40. The molecule has 3 fully saturated rings. The van der Waals surface area contributed by atoms with Crippen LogP contribution in [0.4, 0.5) is 4.79 Å². The number of amides is 2. The van der Waals surface area contributed by atoms with E-state index in [4.69, 9.17) is 6.42 Å². The third-order valence-corrected chi connectivity index (χ3v) is 7.68. The van der Waals surface area contributed by atoms with Gasteiger partial charge in [-0.3, -0.25) is 4.90 Å². The second-order valence-electron chi connectivity index (χ2n) is 9.27. The van der Waals surface area contributed by atoms with Gasteiger partial charge in [0.1, 0.15) is 0 Å². The molecule has 0 unspecified atom stereocenters. The number of hydrogen-bond acceptors (Lipinski definition) is 2. The maximum atomic E-state index is 13.2. The minimum Gasteiger partial charge on any atom is -0.317 e. The third kappa shape index (κ3) is 3.10. The molecule has 28 heavy (non-hydrogen) atoms. The first-order valence-electron chi connectivity index (χ1n) is 10.7. The van der Waals surface area contributed by atoms with E-state index in [0.717, 1.165) is 38.8 Å². The summed E-state index contributed by atoms with van der Waals surface area (Å²) in [7, 11) is 4.39. The zero-order valence-electron chi connectivity index (χ0n) is 17.4. The molecule has 4 nitrogen and oxygen atoms in total. The van der Waals surface area contributed by atoms with Crippen LogP contribution in [-0.4, -0.2) is 60.0 Å². The monoisotopic (exact) mass is 379 g/mol. The van der Waals surface area contributed by atoms with Crippen molar-refractivity contribution in [2.75, 3.05) is 33.7 Å². The number of carbonyl (C=O) groups is 1. The maximum Gasteiger partial charge on any atom is 0.321 e. The molecule has 1 saturated heterocycles. The van der Waals surface area contributed by atoms with Crippen molar-refractivity contribution in [1.82, 2.24) is 14.7 Å². The van der Waals surface area contributed by atoms with E-state index < -0.39 is 0 Å². The van der Waals surface area contributed by atoms with Gasteiger partial charge in [-0.1, -0.05) is 42.7 Å². The van der Waals surface area contributed by atoms with Crippen LogP contribution in [0.5, 0.6) is 0 Å². The average molecular weight is 380 g/mol. The first-order valence-corrected chi connectivity index (χ1v) is 10.7. The highest BCUT2D eigenvalue weighted by molar-refractivity contribution is 5.78. The smallest absolute Gasteiger partial charge is 0.317 e. The Bertz CT molecular complexity index is 739. The summed E-state index contributed by atoms with van der Waals surface area (Å²) in [6.07, 6.45) is 13.6. The maximum absolute atomic E-state index is 13.2. The summed E-state index contributed by atoms with van der Waals surface area (Å²) in [6, 6.07) is 11.1. The molecule has 1 aliphatic heterocycles. The summed E-state index contributed by atoms with van der Waals surface area (Å²) >= 11 is 0. The van der Waals surface area contributed by atoms with Gasteiger partial charge in [-0.15, -0.1) is 6.42 Å². The summed E-state index contributed by atoms with van der Waals surface area (Å²) in [5.74, 6) is 3.38. The Kier molecular flexibility index (Phi) is 5.14. The largest absolute Gasteiger partial charge is 0.321 e. The van der Waals surface area contributed by atoms with Crippen molar-refractivity contribution >= 4 is 6.03 Å². The molecule has 150 valence electrons. The second kappa shape index (κ2) is 7.44. The third-order valence-electron chi connectivity index (χ3n) is 7.68. The first-order chi connectivity index (χ1) is 13.5. The van der Waals surface area contributed by atoms with E-state index in [0.29, 0.717) is 12.5 Å². The molecule has 1 aromatic rings. The van der Waals surface area contributed by atoms with Gasteiger partial charge in [0, 0.05) is 18.6 Å². The Morgan fingerprint density at radius 1 is 1.14 bits per heavy atom. The van der Waals surface area contributed by atoms with Crippen LogP contribution in [0.3, 0.4) is 0 Å². The molecule has 0 N–H and O–H groups in total.